The lowest BCUT2D eigenvalue weighted by Gasteiger charge is -2.37. The van der Waals surface area contributed by atoms with Crippen LogP contribution in [-0.2, 0) is 16.1 Å². The second kappa shape index (κ2) is 10.5. The summed E-state index contributed by atoms with van der Waals surface area (Å²) in [6, 6.07) is 20.5. The Kier molecular flexibility index (Phi) is 7.14. The molecule has 0 radical (unpaired) electrons. The molecule has 1 unspecified atom stereocenters. The minimum atomic E-state index is -0.609. The molecule has 5 rings (SSSR count). The maximum absolute atomic E-state index is 13.7. The Bertz CT molecular complexity index is 1470. The molecule has 200 valence electrons. The van der Waals surface area contributed by atoms with Crippen molar-refractivity contribution in [3.8, 4) is 0 Å². The first-order chi connectivity index (χ1) is 18.6. The van der Waals surface area contributed by atoms with E-state index in [9.17, 15) is 19.7 Å². The van der Waals surface area contributed by atoms with Crippen molar-refractivity contribution >= 4 is 40.4 Å². The summed E-state index contributed by atoms with van der Waals surface area (Å²) >= 11 is 5.98. The number of hydrogen-bond donors (Lipinski definition) is 2. The fourth-order valence-corrected chi connectivity index (χ4v) is 5.49. The number of ketones is 1. The molecule has 1 aliphatic heterocycles. The second-order valence-corrected chi connectivity index (χ2v) is 11.2. The minimum absolute atomic E-state index is 0.00326. The number of carbonyl (C=O) groups excluding carboxylic acids is 2. The number of benzene rings is 3. The lowest BCUT2D eigenvalue weighted by molar-refractivity contribution is -0.384. The van der Waals surface area contributed by atoms with E-state index in [0.29, 0.717) is 35.5 Å². The summed E-state index contributed by atoms with van der Waals surface area (Å²) in [6.07, 6.45) is 1.02. The van der Waals surface area contributed by atoms with Crippen LogP contribution in [0.15, 0.2) is 84.1 Å². The lowest BCUT2D eigenvalue weighted by Crippen LogP contribution is -2.41. The summed E-state index contributed by atoms with van der Waals surface area (Å²) in [5.41, 5.74) is 4.30. The highest BCUT2D eigenvalue weighted by Crippen LogP contribution is 2.48. The van der Waals surface area contributed by atoms with Crippen molar-refractivity contribution < 1.29 is 14.5 Å². The van der Waals surface area contributed by atoms with Crippen molar-refractivity contribution in [2.45, 2.75) is 39.3 Å². The van der Waals surface area contributed by atoms with Crippen LogP contribution in [0.25, 0.3) is 0 Å². The number of Topliss-reactive ketones (excluding diaryl/α,β-unsaturated/α-hetero) is 1. The number of rotatable bonds is 6. The van der Waals surface area contributed by atoms with Crippen molar-refractivity contribution in [2.24, 2.45) is 5.41 Å². The normalized spacial score (nSPS) is 18.0. The summed E-state index contributed by atoms with van der Waals surface area (Å²) in [5.74, 6) is -0.226. The summed E-state index contributed by atoms with van der Waals surface area (Å²) < 4.78 is 0. The molecule has 2 aliphatic rings. The Hall–Kier alpha value is -4.17. The van der Waals surface area contributed by atoms with Gasteiger partial charge in [-0.15, -0.1) is 0 Å². The fourth-order valence-electron chi connectivity index (χ4n) is 5.37. The van der Waals surface area contributed by atoms with Gasteiger partial charge in [-0.1, -0.05) is 49.7 Å². The van der Waals surface area contributed by atoms with E-state index in [1.165, 1.54) is 12.1 Å². The van der Waals surface area contributed by atoms with Gasteiger partial charge in [0.15, 0.2) is 5.78 Å². The Morgan fingerprint density at radius 2 is 1.77 bits per heavy atom. The minimum Gasteiger partial charge on any atom is -0.357 e. The molecule has 3 aromatic carbocycles. The standard InChI is InChI=1S/C30H29ClN4O4/c1-30(2)15-24-28(26(36)16-30)29(20-9-13-22(14-10-20)35(38)39)34(25-6-4-3-5-23(25)33-24)18-27(37)32-17-19-7-11-21(31)12-8-19/h3-14,29,33H,15-18H2,1-2H3,(H,32,37). The van der Waals surface area contributed by atoms with Crippen molar-refractivity contribution in [3.05, 3.63) is 110 Å². The van der Waals surface area contributed by atoms with Crippen LogP contribution in [0.4, 0.5) is 17.1 Å². The van der Waals surface area contributed by atoms with Gasteiger partial charge in [-0.25, -0.2) is 0 Å². The van der Waals surface area contributed by atoms with Crippen LogP contribution < -0.4 is 15.5 Å². The molecule has 1 amide bonds. The Labute approximate surface area is 231 Å². The maximum Gasteiger partial charge on any atom is 0.269 e. The molecule has 9 heteroatoms. The highest BCUT2D eigenvalue weighted by atomic mass is 35.5. The van der Waals surface area contributed by atoms with E-state index in [1.54, 1.807) is 24.3 Å². The van der Waals surface area contributed by atoms with Crippen molar-refractivity contribution in [1.29, 1.82) is 0 Å². The molecule has 2 N–H and O–H groups in total. The number of non-ortho nitro benzene ring substituents is 1. The third-order valence-corrected chi connectivity index (χ3v) is 7.39. The van der Waals surface area contributed by atoms with Crippen molar-refractivity contribution in [2.75, 3.05) is 16.8 Å². The van der Waals surface area contributed by atoms with Crippen LogP contribution in [0.1, 0.15) is 43.9 Å². The second-order valence-electron chi connectivity index (χ2n) is 10.8. The Morgan fingerprint density at radius 1 is 1.08 bits per heavy atom. The molecule has 8 nitrogen and oxygen atoms in total. The van der Waals surface area contributed by atoms with Gasteiger partial charge in [0.05, 0.1) is 28.9 Å². The number of halogens is 1. The van der Waals surface area contributed by atoms with Gasteiger partial charge in [-0.3, -0.25) is 19.7 Å². The molecule has 0 saturated heterocycles. The summed E-state index contributed by atoms with van der Waals surface area (Å²) in [5, 5.41) is 18.4. The first kappa shape index (κ1) is 26.4. The highest BCUT2D eigenvalue weighted by molar-refractivity contribution is 6.30. The Balaban J connectivity index is 1.57. The zero-order valence-corrected chi connectivity index (χ0v) is 22.5. The number of anilines is 2. The first-order valence-corrected chi connectivity index (χ1v) is 13.1. The van der Waals surface area contributed by atoms with E-state index in [0.717, 1.165) is 22.6 Å². The number of amides is 1. The summed E-state index contributed by atoms with van der Waals surface area (Å²) in [4.78, 5) is 39.9. The number of carbonyl (C=O) groups is 2. The SMILES string of the molecule is CC1(C)CC(=O)C2=C(C1)Nc1ccccc1N(CC(=O)NCc1ccc(Cl)cc1)C2c1ccc([N+](=O)[O-])cc1. The molecule has 0 bridgehead atoms. The smallest absolute Gasteiger partial charge is 0.269 e. The van der Waals surface area contributed by atoms with E-state index in [2.05, 4.69) is 24.5 Å². The van der Waals surface area contributed by atoms with E-state index in [1.807, 2.05) is 41.3 Å². The molecule has 0 saturated carbocycles. The van der Waals surface area contributed by atoms with Gasteiger partial charge in [-0.2, -0.15) is 0 Å². The molecule has 39 heavy (non-hydrogen) atoms. The van der Waals surface area contributed by atoms with Crippen LogP contribution in [0.2, 0.25) is 5.02 Å². The molecular formula is C30H29ClN4O4. The number of allylic oxidation sites excluding steroid dienone is 1. The molecule has 3 aromatic rings. The van der Waals surface area contributed by atoms with Crippen LogP contribution in [0.5, 0.6) is 0 Å². The van der Waals surface area contributed by atoms with E-state index >= 15 is 0 Å². The molecule has 1 aliphatic carbocycles. The number of para-hydroxylation sites is 2. The number of nitro benzene ring substituents is 1. The van der Waals surface area contributed by atoms with E-state index in [4.69, 9.17) is 11.6 Å². The summed E-state index contributed by atoms with van der Waals surface area (Å²) in [6.45, 7) is 4.43. The largest absolute Gasteiger partial charge is 0.357 e. The topological polar surface area (TPSA) is 105 Å². The first-order valence-electron chi connectivity index (χ1n) is 12.8. The number of nitrogens with zero attached hydrogens (tertiary/aromatic N) is 2. The van der Waals surface area contributed by atoms with Crippen LogP contribution in [-0.4, -0.2) is 23.2 Å². The quantitative estimate of drug-likeness (QED) is 0.283. The average Bonchev–Trinajstić information content (AvgIpc) is 3.02. The lowest BCUT2D eigenvalue weighted by atomic mass is 9.73. The van der Waals surface area contributed by atoms with Gasteiger partial charge in [0, 0.05) is 41.4 Å². The zero-order valence-electron chi connectivity index (χ0n) is 21.7. The highest BCUT2D eigenvalue weighted by Gasteiger charge is 2.42. The van der Waals surface area contributed by atoms with Crippen molar-refractivity contribution in [1.82, 2.24) is 5.32 Å². The van der Waals surface area contributed by atoms with Gasteiger partial charge in [0.2, 0.25) is 5.91 Å². The molecule has 1 atom stereocenters. The molecular weight excluding hydrogens is 516 g/mol. The number of hydrogen-bond acceptors (Lipinski definition) is 6. The predicted octanol–water partition coefficient (Wildman–Crippen LogP) is 6.18. The van der Waals surface area contributed by atoms with Crippen molar-refractivity contribution in [3.63, 3.8) is 0 Å². The number of fused-ring (bicyclic) bond motifs is 1. The third-order valence-electron chi connectivity index (χ3n) is 7.14. The monoisotopic (exact) mass is 544 g/mol. The number of nitrogens with one attached hydrogen (secondary N) is 2. The van der Waals surface area contributed by atoms with Gasteiger partial charge in [-0.05, 0) is 59.4 Å². The van der Waals surface area contributed by atoms with E-state index in [-0.39, 0.29) is 29.3 Å². The van der Waals surface area contributed by atoms with Crippen LogP contribution in [0.3, 0.4) is 0 Å². The molecule has 0 spiro atoms. The molecule has 0 fully saturated rings. The van der Waals surface area contributed by atoms with Crippen LogP contribution in [0, 0.1) is 15.5 Å². The van der Waals surface area contributed by atoms with Crippen LogP contribution >= 0.6 is 11.6 Å². The third kappa shape index (κ3) is 5.66. The van der Waals surface area contributed by atoms with Gasteiger partial charge < -0.3 is 15.5 Å². The summed E-state index contributed by atoms with van der Waals surface area (Å²) in [7, 11) is 0. The fraction of sp³-hybridized carbons (Fsp3) is 0.267. The van der Waals surface area contributed by atoms with Gasteiger partial charge in [0.1, 0.15) is 0 Å². The average molecular weight is 545 g/mol. The van der Waals surface area contributed by atoms with Gasteiger partial charge >= 0.3 is 0 Å². The number of nitro groups is 1. The molecule has 1 heterocycles. The Morgan fingerprint density at radius 3 is 2.46 bits per heavy atom. The molecule has 0 aromatic heterocycles. The van der Waals surface area contributed by atoms with E-state index < -0.39 is 11.0 Å². The van der Waals surface area contributed by atoms with Gasteiger partial charge in [0.25, 0.3) is 5.69 Å². The zero-order chi connectivity index (χ0) is 27.7. The predicted molar refractivity (Wildman–Crippen MR) is 152 cm³/mol. The maximum atomic E-state index is 13.7.